The summed E-state index contributed by atoms with van der Waals surface area (Å²) in [5.74, 6) is 1.70. The molecule has 2 heteroatoms. The van der Waals surface area contributed by atoms with Crippen LogP contribution in [0.25, 0.3) is 0 Å². The van der Waals surface area contributed by atoms with Crippen molar-refractivity contribution in [3.05, 3.63) is 60.2 Å². The Kier molecular flexibility index (Phi) is 5.01. The van der Waals surface area contributed by atoms with Gasteiger partial charge in [-0.2, -0.15) is 5.26 Å². The van der Waals surface area contributed by atoms with Crippen molar-refractivity contribution in [3.8, 4) is 17.6 Å². The van der Waals surface area contributed by atoms with E-state index in [-0.39, 0.29) is 0 Å². The third kappa shape index (κ3) is 4.48. The number of hydrogen-bond acceptors (Lipinski definition) is 2. The zero-order chi connectivity index (χ0) is 13.3. The van der Waals surface area contributed by atoms with Crippen molar-refractivity contribution in [2.75, 3.05) is 0 Å². The van der Waals surface area contributed by atoms with Crippen molar-refractivity contribution in [1.29, 1.82) is 5.26 Å². The molecule has 0 radical (unpaired) electrons. The minimum Gasteiger partial charge on any atom is -0.457 e. The van der Waals surface area contributed by atoms with Crippen molar-refractivity contribution < 1.29 is 4.74 Å². The first-order valence-electron chi connectivity index (χ1n) is 6.57. The van der Waals surface area contributed by atoms with Gasteiger partial charge in [0, 0.05) is 6.42 Å². The fourth-order valence-corrected chi connectivity index (χ4v) is 1.88. The standard InChI is InChI=1S/C17H17NO/c18-14-6-2-3-7-15-10-12-17(13-11-15)19-16-8-4-1-5-9-16/h1,4-5,8-13H,2-3,6-7H2. The molecule has 0 N–H and O–H groups in total. The number of benzene rings is 2. The van der Waals surface area contributed by atoms with Crippen LogP contribution in [0, 0.1) is 11.3 Å². The maximum atomic E-state index is 8.47. The highest BCUT2D eigenvalue weighted by Crippen LogP contribution is 2.21. The third-order valence-electron chi connectivity index (χ3n) is 2.91. The lowest BCUT2D eigenvalue weighted by molar-refractivity contribution is 0.482. The molecule has 0 fully saturated rings. The van der Waals surface area contributed by atoms with Crippen LogP contribution in [-0.2, 0) is 6.42 Å². The quantitative estimate of drug-likeness (QED) is 0.696. The molecule has 0 aliphatic heterocycles. The molecule has 0 aliphatic carbocycles. The zero-order valence-electron chi connectivity index (χ0n) is 10.9. The average molecular weight is 251 g/mol. The maximum absolute atomic E-state index is 8.47. The molecule has 2 aromatic carbocycles. The van der Waals surface area contributed by atoms with Crippen LogP contribution < -0.4 is 4.74 Å². The third-order valence-corrected chi connectivity index (χ3v) is 2.91. The second-order valence-electron chi connectivity index (χ2n) is 4.42. The number of para-hydroxylation sites is 1. The predicted molar refractivity (Wildman–Crippen MR) is 76.1 cm³/mol. The summed E-state index contributed by atoms with van der Waals surface area (Å²) >= 11 is 0. The number of hydrogen-bond donors (Lipinski definition) is 0. The van der Waals surface area contributed by atoms with E-state index < -0.39 is 0 Å². The number of unbranched alkanes of at least 4 members (excludes halogenated alkanes) is 2. The molecule has 0 aliphatic rings. The second-order valence-corrected chi connectivity index (χ2v) is 4.42. The van der Waals surface area contributed by atoms with Gasteiger partial charge in [-0.05, 0) is 49.1 Å². The molecule has 2 nitrogen and oxygen atoms in total. The van der Waals surface area contributed by atoms with E-state index >= 15 is 0 Å². The van der Waals surface area contributed by atoms with Crippen LogP contribution in [0.5, 0.6) is 11.5 Å². The molecule has 96 valence electrons. The van der Waals surface area contributed by atoms with Crippen molar-refractivity contribution in [2.24, 2.45) is 0 Å². The summed E-state index contributed by atoms with van der Waals surface area (Å²) in [5, 5.41) is 8.47. The Balaban J connectivity index is 1.86. The van der Waals surface area contributed by atoms with Crippen LogP contribution in [0.1, 0.15) is 24.8 Å². The van der Waals surface area contributed by atoms with E-state index in [1.165, 1.54) is 5.56 Å². The summed E-state index contributed by atoms with van der Waals surface area (Å²) in [6.45, 7) is 0. The maximum Gasteiger partial charge on any atom is 0.127 e. The molecular weight excluding hydrogens is 234 g/mol. The summed E-state index contributed by atoms with van der Waals surface area (Å²) in [5.41, 5.74) is 1.29. The molecule has 0 saturated heterocycles. The van der Waals surface area contributed by atoms with Crippen LogP contribution in [0.2, 0.25) is 0 Å². The van der Waals surface area contributed by atoms with Crippen LogP contribution in [-0.4, -0.2) is 0 Å². The molecule has 0 spiro atoms. The summed E-state index contributed by atoms with van der Waals surface area (Å²) in [7, 11) is 0. The molecule has 0 amide bonds. The highest BCUT2D eigenvalue weighted by molar-refractivity contribution is 5.32. The minimum absolute atomic E-state index is 0.648. The SMILES string of the molecule is N#CCCCCc1ccc(Oc2ccccc2)cc1. The Morgan fingerprint density at radius 1 is 0.842 bits per heavy atom. The molecule has 0 unspecified atom stereocenters. The lowest BCUT2D eigenvalue weighted by Crippen LogP contribution is -1.87. The van der Waals surface area contributed by atoms with E-state index in [1.807, 2.05) is 42.5 Å². The highest BCUT2D eigenvalue weighted by atomic mass is 16.5. The first kappa shape index (κ1) is 13.2. The predicted octanol–water partition coefficient (Wildman–Crippen LogP) is 4.72. The average Bonchev–Trinajstić information content (AvgIpc) is 2.46. The van der Waals surface area contributed by atoms with E-state index in [2.05, 4.69) is 18.2 Å². The molecular formula is C17H17NO. The topological polar surface area (TPSA) is 33.0 Å². The Morgan fingerprint density at radius 3 is 2.21 bits per heavy atom. The summed E-state index contributed by atoms with van der Waals surface area (Å²) in [6, 6.07) is 20.1. The zero-order valence-corrected chi connectivity index (χ0v) is 10.9. The van der Waals surface area contributed by atoms with E-state index in [1.54, 1.807) is 0 Å². The van der Waals surface area contributed by atoms with Gasteiger partial charge >= 0.3 is 0 Å². The van der Waals surface area contributed by atoms with Crippen molar-refractivity contribution in [2.45, 2.75) is 25.7 Å². The number of nitriles is 1. The molecule has 2 aromatic rings. The smallest absolute Gasteiger partial charge is 0.127 e. The summed E-state index contributed by atoms with van der Waals surface area (Å²) in [6.07, 6.45) is 3.70. The van der Waals surface area contributed by atoms with Gasteiger partial charge in [-0.1, -0.05) is 30.3 Å². The van der Waals surface area contributed by atoms with Gasteiger partial charge in [0.2, 0.25) is 0 Å². The monoisotopic (exact) mass is 251 g/mol. The fourth-order valence-electron chi connectivity index (χ4n) is 1.88. The van der Waals surface area contributed by atoms with E-state index in [0.29, 0.717) is 6.42 Å². The van der Waals surface area contributed by atoms with Crippen molar-refractivity contribution in [1.82, 2.24) is 0 Å². The van der Waals surface area contributed by atoms with Crippen LogP contribution in [0.15, 0.2) is 54.6 Å². The number of rotatable bonds is 6. The molecule has 0 heterocycles. The number of ether oxygens (including phenoxy) is 1. The Labute approximate surface area is 114 Å². The van der Waals surface area contributed by atoms with E-state index in [4.69, 9.17) is 10.00 Å². The van der Waals surface area contributed by atoms with Crippen molar-refractivity contribution in [3.63, 3.8) is 0 Å². The van der Waals surface area contributed by atoms with Crippen LogP contribution in [0.3, 0.4) is 0 Å². The highest BCUT2D eigenvalue weighted by Gasteiger charge is 1.98. The number of nitrogens with zero attached hydrogens (tertiary/aromatic N) is 1. The van der Waals surface area contributed by atoms with Gasteiger partial charge in [0.1, 0.15) is 11.5 Å². The Hall–Kier alpha value is -2.27. The summed E-state index contributed by atoms with van der Waals surface area (Å²) in [4.78, 5) is 0. The Bertz CT molecular complexity index is 525. The fraction of sp³-hybridized carbons (Fsp3) is 0.235. The van der Waals surface area contributed by atoms with Gasteiger partial charge in [0.25, 0.3) is 0 Å². The Morgan fingerprint density at radius 2 is 1.53 bits per heavy atom. The van der Waals surface area contributed by atoms with E-state index in [0.717, 1.165) is 30.8 Å². The van der Waals surface area contributed by atoms with Gasteiger partial charge < -0.3 is 4.74 Å². The first-order valence-corrected chi connectivity index (χ1v) is 6.57. The van der Waals surface area contributed by atoms with Crippen LogP contribution >= 0.6 is 0 Å². The molecule has 0 saturated carbocycles. The molecule has 19 heavy (non-hydrogen) atoms. The van der Waals surface area contributed by atoms with Gasteiger partial charge in [-0.15, -0.1) is 0 Å². The normalized spacial score (nSPS) is 9.84. The molecule has 0 atom stereocenters. The van der Waals surface area contributed by atoms with Gasteiger partial charge in [0.05, 0.1) is 6.07 Å². The summed E-state index contributed by atoms with van der Waals surface area (Å²) < 4.78 is 5.73. The first-order chi connectivity index (χ1) is 9.38. The molecule has 2 rings (SSSR count). The molecule has 0 bridgehead atoms. The molecule has 0 aromatic heterocycles. The van der Waals surface area contributed by atoms with Crippen LogP contribution in [0.4, 0.5) is 0 Å². The minimum atomic E-state index is 0.648. The lowest BCUT2D eigenvalue weighted by Gasteiger charge is -2.06. The lowest BCUT2D eigenvalue weighted by atomic mass is 10.1. The second kappa shape index (κ2) is 7.23. The van der Waals surface area contributed by atoms with Crippen molar-refractivity contribution >= 4 is 0 Å². The largest absolute Gasteiger partial charge is 0.457 e. The van der Waals surface area contributed by atoms with Gasteiger partial charge in [-0.25, -0.2) is 0 Å². The number of aryl methyl sites for hydroxylation is 1. The van der Waals surface area contributed by atoms with E-state index in [9.17, 15) is 0 Å². The van der Waals surface area contributed by atoms with Gasteiger partial charge in [0.15, 0.2) is 0 Å². The van der Waals surface area contributed by atoms with Gasteiger partial charge in [-0.3, -0.25) is 0 Å².